The molecule has 0 bridgehead atoms. The topological polar surface area (TPSA) is 0 Å². The second kappa shape index (κ2) is 3.11. The standard InChI is InChI=1S/C9H11S/c1-7-4-5-9(10-3)8(2)6-7/h4-6H,3H2,1-2H3. The molecule has 0 aromatic heterocycles. The lowest BCUT2D eigenvalue weighted by atomic mass is 10.2. The number of benzene rings is 1. The van der Waals surface area contributed by atoms with Crippen molar-refractivity contribution in [2.75, 3.05) is 0 Å². The lowest BCUT2D eigenvalue weighted by molar-refractivity contribution is 1.27. The van der Waals surface area contributed by atoms with Crippen molar-refractivity contribution < 1.29 is 0 Å². The van der Waals surface area contributed by atoms with Gasteiger partial charge in [-0.25, -0.2) is 0 Å². The Bertz CT molecular complexity index is 228. The van der Waals surface area contributed by atoms with E-state index in [1.807, 2.05) is 0 Å². The molecule has 0 saturated carbocycles. The number of aryl methyl sites for hydroxylation is 2. The first-order valence-electron chi connectivity index (χ1n) is 3.23. The zero-order valence-corrected chi connectivity index (χ0v) is 7.16. The second-order valence-corrected chi connectivity index (χ2v) is 3.14. The predicted molar refractivity (Wildman–Crippen MR) is 47.1 cm³/mol. The van der Waals surface area contributed by atoms with E-state index in [0.29, 0.717) is 0 Å². The van der Waals surface area contributed by atoms with E-state index in [1.165, 1.54) is 16.0 Å². The smallest absolute Gasteiger partial charge is 0.0102 e. The Balaban J connectivity index is 3.07. The number of hydrogen-bond donors (Lipinski definition) is 0. The second-order valence-electron chi connectivity index (χ2n) is 2.41. The van der Waals surface area contributed by atoms with Crippen LogP contribution in [0.5, 0.6) is 0 Å². The zero-order chi connectivity index (χ0) is 7.56. The molecule has 0 aliphatic heterocycles. The molecule has 0 spiro atoms. The maximum atomic E-state index is 3.76. The van der Waals surface area contributed by atoms with Gasteiger partial charge in [0.1, 0.15) is 0 Å². The van der Waals surface area contributed by atoms with Gasteiger partial charge in [0.05, 0.1) is 0 Å². The van der Waals surface area contributed by atoms with Gasteiger partial charge in [0, 0.05) is 11.2 Å². The summed E-state index contributed by atoms with van der Waals surface area (Å²) in [7, 11) is 0. The van der Waals surface area contributed by atoms with Crippen molar-refractivity contribution in [3.63, 3.8) is 0 Å². The summed E-state index contributed by atoms with van der Waals surface area (Å²) in [4.78, 5) is 1.27. The Morgan fingerprint density at radius 1 is 1.30 bits per heavy atom. The van der Waals surface area contributed by atoms with Crippen LogP contribution in [0.25, 0.3) is 0 Å². The predicted octanol–water partition coefficient (Wildman–Crippen LogP) is 3.19. The fourth-order valence-corrected chi connectivity index (χ4v) is 1.41. The average Bonchev–Trinajstić information content (AvgIpc) is 1.88. The normalized spacial score (nSPS) is 9.90. The highest BCUT2D eigenvalue weighted by atomic mass is 32.2. The average molecular weight is 151 g/mol. The summed E-state index contributed by atoms with van der Waals surface area (Å²) in [6.07, 6.45) is 3.76. The molecule has 0 nitrogen and oxygen atoms in total. The van der Waals surface area contributed by atoms with E-state index >= 15 is 0 Å². The van der Waals surface area contributed by atoms with Gasteiger partial charge < -0.3 is 0 Å². The molecule has 0 amide bonds. The van der Waals surface area contributed by atoms with Crippen LogP contribution in [0.2, 0.25) is 0 Å². The highest BCUT2D eigenvalue weighted by Crippen LogP contribution is 2.21. The van der Waals surface area contributed by atoms with Crippen LogP contribution in [0.15, 0.2) is 23.1 Å². The van der Waals surface area contributed by atoms with Crippen molar-refractivity contribution in [2.45, 2.75) is 18.7 Å². The fraction of sp³-hybridized carbons (Fsp3) is 0.222. The van der Waals surface area contributed by atoms with Crippen LogP contribution >= 0.6 is 11.8 Å². The van der Waals surface area contributed by atoms with Gasteiger partial charge in [-0.15, -0.1) is 11.8 Å². The molecule has 0 atom stereocenters. The summed E-state index contributed by atoms with van der Waals surface area (Å²) in [6.45, 7) is 4.21. The van der Waals surface area contributed by atoms with E-state index < -0.39 is 0 Å². The van der Waals surface area contributed by atoms with Gasteiger partial charge in [0.15, 0.2) is 0 Å². The maximum Gasteiger partial charge on any atom is 0.0102 e. The SMILES string of the molecule is [CH2]Sc1ccc(C)cc1C. The first-order valence-corrected chi connectivity index (χ1v) is 4.22. The summed E-state index contributed by atoms with van der Waals surface area (Å²) in [6, 6.07) is 6.40. The van der Waals surface area contributed by atoms with Gasteiger partial charge in [-0.3, -0.25) is 0 Å². The van der Waals surface area contributed by atoms with Gasteiger partial charge in [0.25, 0.3) is 0 Å². The third kappa shape index (κ3) is 1.54. The summed E-state index contributed by atoms with van der Waals surface area (Å²) < 4.78 is 0. The van der Waals surface area contributed by atoms with Crippen LogP contribution in [0.3, 0.4) is 0 Å². The molecule has 0 heterocycles. The summed E-state index contributed by atoms with van der Waals surface area (Å²) >= 11 is 1.55. The number of rotatable bonds is 1. The van der Waals surface area contributed by atoms with Crippen molar-refractivity contribution in [3.05, 3.63) is 35.6 Å². The molecule has 0 saturated heterocycles. The quantitative estimate of drug-likeness (QED) is 0.555. The van der Waals surface area contributed by atoms with Crippen LogP contribution in [0.1, 0.15) is 11.1 Å². The minimum atomic E-state index is 1.27. The molecule has 0 fully saturated rings. The maximum absolute atomic E-state index is 3.76. The van der Waals surface area contributed by atoms with E-state index in [-0.39, 0.29) is 0 Å². The van der Waals surface area contributed by atoms with E-state index in [1.54, 1.807) is 11.8 Å². The molecular weight excluding hydrogens is 140 g/mol. The Morgan fingerprint density at radius 3 is 2.50 bits per heavy atom. The molecule has 1 radical (unpaired) electrons. The number of hydrogen-bond acceptors (Lipinski definition) is 1. The van der Waals surface area contributed by atoms with Crippen LogP contribution in [-0.4, -0.2) is 0 Å². The molecule has 10 heavy (non-hydrogen) atoms. The molecule has 1 heteroatoms. The summed E-state index contributed by atoms with van der Waals surface area (Å²) in [5.41, 5.74) is 2.63. The molecule has 0 N–H and O–H groups in total. The Morgan fingerprint density at radius 2 is 2.00 bits per heavy atom. The lowest BCUT2D eigenvalue weighted by Crippen LogP contribution is -1.78. The van der Waals surface area contributed by atoms with Crippen molar-refractivity contribution >= 4 is 11.8 Å². The Labute approximate surface area is 66.6 Å². The summed E-state index contributed by atoms with van der Waals surface area (Å²) in [5.74, 6) is 0. The highest BCUT2D eigenvalue weighted by molar-refractivity contribution is 8.00. The molecule has 0 unspecified atom stereocenters. The van der Waals surface area contributed by atoms with Gasteiger partial charge >= 0.3 is 0 Å². The van der Waals surface area contributed by atoms with E-state index in [0.717, 1.165) is 0 Å². The minimum absolute atomic E-state index is 1.27. The third-order valence-electron chi connectivity index (χ3n) is 1.49. The Kier molecular flexibility index (Phi) is 2.39. The molecule has 1 aromatic rings. The summed E-state index contributed by atoms with van der Waals surface area (Å²) in [5, 5.41) is 0. The van der Waals surface area contributed by atoms with E-state index in [9.17, 15) is 0 Å². The first-order chi connectivity index (χ1) is 4.74. The first kappa shape index (κ1) is 7.67. The fourth-order valence-electron chi connectivity index (χ4n) is 0.961. The van der Waals surface area contributed by atoms with Crippen LogP contribution < -0.4 is 0 Å². The molecule has 1 aromatic carbocycles. The van der Waals surface area contributed by atoms with Gasteiger partial charge in [0.2, 0.25) is 0 Å². The van der Waals surface area contributed by atoms with Crippen LogP contribution in [0.4, 0.5) is 0 Å². The van der Waals surface area contributed by atoms with E-state index in [2.05, 4.69) is 38.3 Å². The molecular formula is C9H11S. The highest BCUT2D eigenvalue weighted by Gasteiger charge is 1.94. The van der Waals surface area contributed by atoms with Gasteiger partial charge in [-0.05, 0) is 25.5 Å². The largest absolute Gasteiger partial charge is 0.125 e. The van der Waals surface area contributed by atoms with Crippen molar-refractivity contribution in [2.24, 2.45) is 0 Å². The Hall–Kier alpha value is -0.430. The van der Waals surface area contributed by atoms with Crippen LogP contribution in [0, 0.1) is 20.1 Å². The van der Waals surface area contributed by atoms with Crippen LogP contribution in [-0.2, 0) is 0 Å². The molecule has 53 valence electrons. The van der Waals surface area contributed by atoms with Crippen molar-refractivity contribution in [1.82, 2.24) is 0 Å². The van der Waals surface area contributed by atoms with Crippen molar-refractivity contribution in [1.29, 1.82) is 0 Å². The van der Waals surface area contributed by atoms with Gasteiger partial charge in [-0.2, -0.15) is 0 Å². The van der Waals surface area contributed by atoms with Crippen molar-refractivity contribution in [3.8, 4) is 0 Å². The third-order valence-corrected chi connectivity index (χ3v) is 2.25. The van der Waals surface area contributed by atoms with Gasteiger partial charge in [-0.1, -0.05) is 17.7 Å². The number of thioether (sulfide) groups is 1. The lowest BCUT2D eigenvalue weighted by Gasteiger charge is -2.01. The van der Waals surface area contributed by atoms with E-state index in [4.69, 9.17) is 0 Å². The monoisotopic (exact) mass is 151 g/mol. The zero-order valence-electron chi connectivity index (χ0n) is 6.35. The molecule has 1 rings (SSSR count). The molecule has 0 aliphatic rings. The minimum Gasteiger partial charge on any atom is -0.125 e. The molecule has 0 aliphatic carbocycles.